The number of carbonyl (C=O) groups is 1. The molecule has 2 aromatic carbocycles. The summed E-state index contributed by atoms with van der Waals surface area (Å²) in [7, 11) is 1.64. The first-order chi connectivity index (χ1) is 23.2. The van der Waals surface area contributed by atoms with Crippen molar-refractivity contribution in [1.82, 2.24) is 14.9 Å². The van der Waals surface area contributed by atoms with E-state index in [1.807, 2.05) is 24.3 Å². The van der Waals surface area contributed by atoms with Crippen molar-refractivity contribution < 1.29 is 44.5 Å². The molecule has 3 aliphatic rings. The number of piperazine rings is 1. The van der Waals surface area contributed by atoms with Crippen LogP contribution in [-0.4, -0.2) is 129 Å². The third kappa shape index (κ3) is 6.01. The zero-order chi connectivity index (χ0) is 33.5. The van der Waals surface area contributed by atoms with Crippen molar-refractivity contribution in [3.8, 4) is 17.2 Å². The number of nitrogens with zero attached hydrogens (tertiary/aromatic N) is 5. The minimum Gasteiger partial charge on any atom is -0.506 e. The van der Waals surface area contributed by atoms with Crippen molar-refractivity contribution in [1.29, 1.82) is 0 Å². The Morgan fingerprint density at radius 3 is 2.35 bits per heavy atom. The van der Waals surface area contributed by atoms with Gasteiger partial charge in [0.2, 0.25) is 6.29 Å². The number of aromatic nitrogens is 2. The molecular weight excluding hydrogens is 622 g/mol. The Morgan fingerprint density at radius 1 is 0.875 bits per heavy atom. The molecule has 254 valence electrons. The highest BCUT2D eigenvalue weighted by molar-refractivity contribution is 5.95. The Bertz CT molecular complexity index is 1790. The van der Waals surface area contributed by atoms with Crippen molar-refractivity contribution in [2.24, 2.45) is 0 Å². The van der Waals surface area contributed by atoms with Gasteiger partial charge in [-0.25, -0.2) is 4.79 Å². The summed E-state index contributed by atoms with van der Waals surface area (Å²) >= 11 is 0. The lowest BCUT2D eigenvalue weighted by Crippen LogP contribution is -2.61. The standard InChI is InChI=1S/C34H39N5O9/c1-46-22-16-19-15-21(40)18-36-27(19)25(17-22)39-13-11-37(12-14-39)20-6-9-38(10-7-20)24-4-5-26(23-3-2-8-35-28(23)24)47-34-31(43)29(41)30(42)32(48-34)33(44)45/h2-5,8,15-18,20,29-32,34,40-43H,6-7,9-14H2,1H3,(H,44,45). The van der Waals surface area contributed by atoms with E-state index in [2.05, 4.69) is 24.7 Å². The number of benzene rings is 2. The molecule has 14 nitrogen and oxygen atoms in total. The van der Waals surface area contributed by atoms with E-state index in [0.717, 1.165) is 80.1 Å². The summed E-state index contributed by atoms with van der Waals surface area (Å²) in [6, 6.07) is 13.3. The van der Waals surface area contributed by atoms with E-state index in [0.29, 0.717) is 22.7 Å². The lowest BCUT2D eigenvalue weighted by atomic mass is 9.99. The lowest BCUT2D eigenvalue weighted by molar-refractivity contribution is -0.270. The first-order valence-electron chi connectivity index (χ1n) is 16.1. The van der Waals surface area contributed by atoms with Crippen molar-refractivity contribution >= 4 is 39.1 Å². The summed E-state index contributed by atoms with van der Waals surface area (Å²) in [5.41, 5.74) is 3.48. The topological polar surface area (TPSA) is 181 Å². The lowest BCUT2D eigenvalue weighted by Gasteiger charge is -2.44. The van der Waals surface area contributed by atoms with E-state index in [1.54, 1.807) is 31.5 Å². The number of fused-ring (bicyclic) bond motifs is 2. The third-order valence-electron chi connectivity index (χ3n) is 9.70. The molecule has 48 heavy (non-hydrogen) atoms. The first-order valence-corrected chi connectivity index (χ1v) is 16.1. The van der Waals surface area contributed by atoms with Gasteiger partial charge in [-0.2, -0.15) is 0 Å². The number of pyridine rings is 2. The van der Waals surface area contributed by atoms with E-state index < -0.39 is 36.7 Å². The number of carboxylic acid groups (broad SMARTS) is 1. The van der Waals surface area contributed by atoms with E-state index >= 15 is 0 Å². The van der Waals surface area contributed by atoms with Crippen LogP contribution in [0.25, 0.3) is 21.8 Å². The van der Waals surface area contributed by atoms with Crippen LogP contribution in [0.15, 0.2) is 54.9 Å². The summed E-state index contributed by atoms with van der Waals surface area (Å²) < 4.78 is 16.8. The molecule has 0 bridgehead atoms. The normalized spacial score (nSPS) is 25.8. The van der Waals surface area contributed by atoms with Gasteiger partial charge in [0, 0.05) is 68.3 Å². The Morgan fingerprint density at radius 2 is 1.62 bits per heavy atom. The molecule has 14 heteroatoms. The average molecular weight is 662 g/mol. The number of ether oxygens (including phenoxy) is 3. The fraction of sp³-hybridized carbons (Fsp3) is 0.441. The summed E-state index contributed by atoms with van der Waals surface area (Å²) in [6.07, 6.45) is -3.35. The van der Waals surface area contributed by atoms with Crippen LogP contribution < -0.4 is 19.3 Å². The number of piperidine rings is 1. The third-order valence-corrected chi connectivity index (χ3v) is 9.70. The van der Waals surface area contributed by atoms with Crippen molar-refractivity contribution in [3.63, 3.8) is 0 Å². The number of aliphatic hydroxyl groups is 3. The van der Waals surface area contributed by atoms with Crippen LogP contribution >= 0.6 is 0 Å². The van der Waals surface area contributed by atoms with Crippen LogP contribution in [0.4, 0.5) is 11.4 Å². The maximum atomic E-state index is 11.6. The Hall–Kier alpha value is -4.47. The first kappa shape index (κ1) is 32.1. The number of aromatic hydroxyl groups is 1. The smallest absolute Gasteiger partial charge is 0.335 e. The highest BCUT2D eigenvalue weighted by atomic mass is 16.7. The van der Waals surface area contributed by atoms with Gasteiger partial charge in [0.1, 0.15) is 35.6 Å². The molecule has 5 atom stereocenters. The second-order valence-corrected chi connectivity index (χ2v) is 12.5. The summed E-state index contributed by atoms with van der Waals surface area (Å²) in [5.74, 6) is -0.314. The molecule has 3 aliphatic heterocycles. The molecule has 0 saturated carbocycles. The Kier molecular flexibility index (Phi) is 8.83. The molecular formula is C34H39N5O9. The molecule has 3 saturated heterocycles. The fourth-order valence-electron chi connectivity index (χ4n) is 7.12. The molecule has 0 amide bonds. The van der Waals surface area contributed by atoms with Crippen molar-refractivity contribution in [2.45, 2.75) is 49.6 Å². The summed E-state index contributed by atoms with van der Waals surface area (Å²) in [5, 5.41) is 51.6. The van der Waals surface area contributed by atoms with Crippen LogP contribution in [-0.2, 0) is 9.53 Å². The van der Waals surface area contributed by atoms with Crippen LogP contribution in [0.1, 0.15) is 12.8 Å². The van der Waals surface area contributed by atoms with Gasteiger partial charge < -0.3 is 49.5 Å². The minimum absolute atomic E-state index is 0.123. The van der Waals surface area contributed by atoms with Gasteiger partial charge >= 0.3 is 5.97 Å². The van der Waals surface area contributed by atoms with Gasteiger partial charge in [-0.1, -0.05) is 0 Å². The molecule has 7 rings (SSSR count). The molecule has 5 unspecified atom stereocenters. The number of hydrogen-bond donors (Lipinski definition) is 5. The highest BCUT2D eigenvalue weighted by Crippen LogP contribution is 2.37. The van der Waals surface area contributed by atoms with Crippen molar-refractivity contribution in [3.05, 3.63) is 54.9 Å². The largest absolute Gasteiger partial charge is 0.506 e. The van der Waals surface area contributed by atoms with Crippen LogP contribution in [0.5, 0.6) is 17.2 Å². The zero-order valence-corrected chi connectivity index (χ0v) is 26.4. The molecule has 0 radical (unpaired) electrons. The maximum Gasteiger partial charge on any atom is 0.335 e. The number of aliphatic carboxylic acids is 1. The number of anilines is 2. The molecule has 3 fully saturated rings. The van der Waals surface area contributed by atoms with Crippen molar-refractivity contribution in [2.75, 3.05) is 56.2 Å². The van der Waals surface area contributed by atoms with E-state index in [1.165, 1.54) is 6.20 Å². The van der Waals surface area contributed by atoms with Gasteiger partial charge in [0.15, 0.2) is 6.10 Å². The van der Waals surface area contributed by atoms with Crippen LogP contribution in [0.3, 0.4) is 0 Å². The minimum atomic E-state index is -1.80. The number of carboxylic acids is 1. The SMILES string of the molecule is COc1cc(N2CCN(C3CCN(c4ccc(OC5OC(C(=O)O)C(O)C(O)C5O)c5cccnc45)CC3)CC2)c2ncc(O)cc2c1. The monoisotopic (exact) mass is 661 g/mol. The van der Waals surface area contributed by atoms with Crippen LogP contribution in [0, 0.1) is 0 Å². The second-order valence-electron chi connectivity index (χ2n) is 12.5. The molecule has 0 spiro atoms. The van der Waals surface area contributed by atoms with Gasteiger partial charge in [0.25, 0.3) is 0 Å². The zero-order valence-electron chi connectivity index (χ0n) is 26.4. The average Bonchev–Trinajstić information content (AvgIpc) is 3.11. The number of methoxy groups -OCH3 is 1. The number of hydrogen-bond acceptors (Lipinski definition) is 13. The van der Waals surface area contributed by atoms with E-state index in [4.69, 9.17) is 14.2 Å². The molecule has 2 aromatic heterocycles. The molecule has 5 N–H and O–H groups in total. The Balaban J connectivity index is 1.01. The molecule has 4 aromatic rings. The predicted molar refractivity (Wildman–Crippen MR) is 176 cm³/mol. The Labute approximate surface area is 276 Å². The molecule has 0 aliphatic carbocycles. The summed E-state index contributed by atoms with van der Waals surface area (Å²) in [6.45, 7) is 5.20. The predicted octanol–water partition coefficient (Wildman–Crippen LogP) is 1.56. The quantitative estimate of drug-likeness (QED) is 0.192. The maximum absolute atomic E-state index is 11.6. The van der Waals surface area contributed by atoms with E-state index in [-0.39, 0.29) is 5.75 Å². The van der Waals surface area contributed by atoms with Crippen LogP contribution in [0.2, 0.25) is 0 Å². The second kappa shape index (κ2) is 13.2. The fourth-order valence-corrected chi connectivity index (χ4v) is 7.12. The number of rotatable bonds is 7. The summed E-state index contributed by atoms with van der Waals surface area (Å²) in [4.78, 5) is 27.9. The van der Waals surface area contributed by atoms with E-state index in [9.17, 15) is 30.3 Å². The van der Waals surface area contributed by atoms with Gasteiger partial charge in [-0.15, -0.1) is 0 Å². The van der Waals surface area contributed by atoms with Gasteiger partial charge in [-0.05, 0) is 49.2 Å². The molecule has 5 heterocycles. The number of aliphatic hydroxyl groups excluding tert-OH is 3. The van der Waals surface area contributed by atoms with Gasteiger partial charge in [0.05, 0.1) is 35.7 Å². The van der Waals surface area contributed by atoms with Gasteiger partial charge in [-0.3, -0.25) is 14.9 Å². The highest BCUT2D eigenvalue weighted by Gasteiger charge is 2.48.